The molecule has 0 aromatic heterocycles. The summed E-state index contributed by atoms with van der Waals surface area (Å²) in [4.78, 5) is 2.32. The first kappa shape index (κ1) is 11.9. The summed E-state index contributed by atoms with van der Waals surface area (Å²) in [6, 6.07) is 0.581. The van der Waals surface area contributed by atoms with E-state index in [4.69, 9.17) is 0 Å². The molecule has 0 saturated heterocycles. The van der Waals surface area contributed by atoms with Gasteiger partial charge in [-0.2, -0.15) is 0 Å². The van der Waals surface area contributed by atoms with Crippen LogP contribution in [0.3, 0.4) is 0 Å². The fourth-order valence-electron chi connectivity index (χ4n) is 1.83. The molecule has 0 aliphatic heterocycles. The van der Waals surface area contributed by atoms with E-state index in [0.29, 0.717) is 6.04 Å². The Bertz CT molecular complexity index is 119. The summed E-state index contributed by atoms with van der Waals surface area (Å²) in [5, 5.41) is 3.38. The largest absolute Gasteiger partial charge is 0.315 e. The fourth-order valence-corrected chi connectivity index (χ4v) is 1.83. The molecular weight excluding hydrogens is 148 g/mol. The van der Waals surface area contributed by atoms with Crippen LogP contribution in [0.25, 0.3) is 0 Å². The van der Waals surface area contributed by atoms with E-state index in [1.807, 2.05) is 7.05 Å². The van der Waals surface area contributed by atoms with E-state index >= 15 is 0 Å². The number of nitrogens with one attached hydrogen (secondary N) is 1. The second-order valence-electron chi connectivity index (χ2n) is 3.85. The van der Waals surface area contributed by atoms with Gasteiger partial charge in [-0.15, -0.1) is 0 Å². The summed E-state index contributed by atoms with van der Waals surface area (Å²) in [6.07, 6.45) is 2.36. The van der Waals surface area contributed by atoms with Crippen LogP contribution in [0.5, 0.6) is 0 Å². The Kier molecular flexibility index (Phi) is 4.80. The molecule has 0 rings (SSSR count). The van der Waals surface area contributed by atoms with Crippen molar-refractivity contribution in [1.82, 2.24) is 10.2 Å². The van der Waals surface area contributed by atoms with Gasteiger partial charge < -0.3 is 10.2 Å². The lowest BCUT2D eigenvalue weighted by Gasteiger charge is -2.42. The molecular formula is C10H24N2. The van der Waals surface area contributed by atoms with E-state index in [-0.39, 0.29) is 5.54 Å². The first-order valence-corrected chi connectivity index (χ1v) is 4.87. The van der Waals surface area contributed by atoms with Crippen LogP contribution >= 0.6 is 0 Å². The molecule has 0 aliphatic rings. The van der Waals surface area contributed by atoms with Gasteiger partial charge in [0, 0.05) is 11.6 Å². The molecule has 2 unspecified atom stereocenters. The number of likely N-dealkylation sites (N-methyl/N-ethyl adjacent to an activating group) is 2. The number of rotatable bonds is 5. The highest BCUT2D eigenvalue weighted by Gasteiger charge is 2.32. The highest BCUT2D eigenvalue weighted by Crippen LogP contribution is 2.22. The van der Waals surface area contributed by atoms with Crippen molar-refractivity contribution in [3.05, 3.63) is 0 Å². The monoisotopic (exact) mass is 172 g/mol. The zero-order chi connectivity index (χ0) is 9.78. The van der Waals surface area contributed by atoms with Crippen LogP contribution in [-0.4, -0.2) is 37.6 Å². The summed E-state index contributed by atoms with van der Waals surface area (Å²) >= 11 is 0. The van der Waals surface area contributed by atoms with Gasteiger partial charge in [-0.05, 0) is 40.9 Å². The zero-order valence-electron chi connectivity index (χ0n) is 9.44. The topological polar surface area (TPSA) is 15.3 Å². The molecule has 0 heterocycles. The lowest BCUT2D eigenvalue weighted by atomic mass is 9.86. The van der Waals surface area contributed by atoms with Crippen molar-refractivity contribution < 1.29 is 0 Å². The summed E-state index contributed by atoms with van der Waals surface area (Å²) in [7, 11) is 6.36. The predicted octanol–water partition coefficient (Wildman–Crippen LogP) is 1.71. The molecule has 0 aromatic carbocycles. The minimum Gasteiger partial charge on any atom is -0.315 e. The number of hydrogen-bond acceptors (Lipinski definition) is 2. The van der Waals surface area contributed by atoms with Gasteiger partial charge in [-0.25, -0.2) is 0 Å². The average Bonchev–Trinajstić information content (AvgIpc) is 2.05. The van der Waals surface area contributed by atoms with E-state index in [1.165, 1.54) is 12.8 Å². The van der Waals surface area contributed by atoms with E-state index in [0.717, 1.165) is 0 Å². The van der Waals surface area contributed by atoms with Crippen LogP contribution in [0.4, 0.5) is 0 Å². The third-order valence-corrected chi connectivity index (χ3v) is 3.24. The van der Waals surface area contributed by atoms with E-state index < -0.39 is 0 Å². The van der Waals surface area contributed by atoms with Gasteiger partial charge in [0.05, 0.1) is 0 Å². The summed E-state index contributed by atoms with van der Waals surface area (Å²) in [5.74, 6) is 0. The second-order valence-corrected chi connectivity index (χ2v) is 3.85. The lowest BCUT2D eigenvalue weighted by Crippen LogP contribution is -2.55. The molecule has 2 heteroatoms. The van der Waals surface area contributed by atoms with Gasteiger partial charge in [0.1, 0.15) is 0 Å². The van der Waals surface area contributed by atoms with Crippen LogP contribution in [0, 0.1) is 0 Å². The Hall–Kier alpha value is -0.0800. The molecule has 12 heavy (non-hydrogen) atoms. The Morgan fingerprint density at radius 1 is 1.33 bits per heavy atom. The van der Waals surface area contributed by atoms with Crippen LogP contribution in [-0.2, 0) is 0 Å². The highest BCUT2D eigenvalue weighted by molar-refractivity contribution is 4.92. The standard InChI is InChI=1S/C10H24N2/c1-7-9(11-4)10(3,8-2)12(5)6/h9,11H,7-8H2,1-6H3. The molecule has 2 atom stereocenters. The maximum absolute atomic E-state index is 3.38. The fraction of sp³-hybridized carbons (Fsp3) is 1.00. The van der Waals surface area contributed by atoms with E-state index in [9.17, 15) is 0 Å². The second kappa shape index (κ2) is 4.83. The molecule has 0 aromatic rings. The summed E-state index contributed by atoms with van der Waals surface area (Å²) in [5.41, 5.74) is 0.281. The van der Waals surface area contributed by atoms with Gasteiger partial charge in [0.25, 0.3) is 0 Å². The van der Waals surface area contributed by atoms with Gasteiger partial charge in [0.2, 0.25) is 0 Å². The Morgan fingerprint density at radius 2 is 1.83 bits per heavy atom. The van der Waals surface area contributed by atoms with Gasteiger partial charge in [-0.3, -0.25) is 0 Å². The SMILES string of the molecule is CCC(NC)C(C)(CC)N(C)C. The maximum Gasteiger partial charge on any atom is 0.0325 e. The minimum absolute atomic E-state index is 0.281. The maximum atomic E-state index is 3.38. The van der Waals surface area contributed by atoms with Gasteiger partial charge >= 0.3 is 0 Å². The third kappa shape index (κ3) is 2.20. The Balaban J connectivity index is 4.47. The predicted molar refractivity (Wildman–Crippen MR) is 55.5 cm³/mol. The zero-order valence-corrected chi connectivity index (χ0v) is 9.44. The van der Waals surface area contributed by atoms with Crippen molar-refractivity contribution in [3.8, 4) is 0 Å². The normalized spacial score (nSPS) is 19.2. The van der Waals surface area contributed by atoms with Crippen molar-refractivity contribution >= 4 is 0 Å². The van der Waals surface area contributed by atoms with Gasteiger partial charge in [0.15, 0.2) is 0 Å². The van der Waals surface area contributed by atoms with E-state index in [2.05, 4.69) is 45.1 Å². The first-order valence-electron chi connectivity index (χ1n) is 4.87. The van der Waals surface area contributed by atoms with Crippen LogP contribution in [0.1, 0.15) is 33.6 Å². The quantitative estimate of drug-likeness (QED) is 0.679. The molecule has 0 fully saturated rings. The highest BCUT2D eigenvalue weighted by atomic mass is 15.2. The Labute approximate surface area is 77.3 Å². The molecule has 74 valence electrons. The molecule has 0 aliphatic carbocycles. The van der Waals surface area contributed by atoms with Crippen molar-refractivity contribution in [3.63, 3.8) is 0 Å². The molecule has 0 bridgehead atoms. The molecule has 2 nitrogen and oxygen atoms in total. The third-order valence-electron chi connectivity index (χ3n) is 3.24. The first-order chi connectivity index (χ1) is 5.52. The molecule has 0 spiro atoms. The van der Waals surface area contributed by atoms with Crippen molar-refractivity contribution in [2.75, 3.05) is 21.1 Å². The smallest absolute Gasteiger partial charge is 0.0325 e. The van der Waals surface area contributed by atoms with Crippen LogP contribution < -0.4 is 5.32 Å². The average molecular weight is 172 g/mol. The number of hydrogen-bond donors (Lipinski definition) is 1. The van der Waals surface area contributed by atoms with Crippen molar-refractivity contribution in [2.24, 2.45) is 0 Å². The molecule has 0 radical (unpaired) electrons. The summed E-state index contributed by atoms with van der Waals surface area (Å²) < 4.78 is 0. The van der Waals surface area contributed by atoms with E-state index in [1.54, 1.807) is 0 Å². The van der Waals surface area contributed by atoms with Crippen molar-refractivity contribution in [1.29, 1.82) is 0 Å². The minimum atomic E-state index is 0.281. The van der Waals surface area contributed by atoms with Crippen LogP contribution in [0.15, 0.2) is 0 Å². The molecule has 0 saturated carbocycles. The molecule has 1 N–H and O–H groups in total. The Morgan fingerprint density at radius 3 is 1.92 bits per heavy atom. The van der Waals surface area contributed by atoms with Gasteiger partial charge in [-0.1, -0.05) is 13.8 Å². The number of nitrogens with zero attached hydrogens (tertiary/aromatic N) is 1. The van der Waals surface area contributed by atoms with Crippen molar-refractivity contribution in [2.45, 2.75) is 45.2 Å². The molecule has 0 amide bonds. The summed E-state index contributed by atoms with van der Waals surface area (Å²) in [6.45, 7) is 6.80. The van der Waals surface area contributed by atoms with Crippen LogP contribution in [0.2, 0.25) is 0 Å². The lowest BCUT2D eigenvalue weighted by molar-refractivity contribution is 0.114.